The summed E-state index contributed by atoms with van der Waals surface area (Å²) in [4.78, 5) is 31.2. The minimum Gasteiger partial charge on any atom is -0.310 e. The van der Waals surface area contributed by atoms with Gasteiger partial charge in [0.15, 0.2) is 4.34 Å². The fourth-order valence-electron chi connectivity index (χ4n) is 3.95. The van der Waals surface area contributed by atoms with Gasteiger partial charge >= 0.3 is 0 Å². The fraction of sp³-hybridized carbons (Fsp3) is 0.200. The first-order valence-corrected chi connectivity index (χ1v) is 13.3. The van der Waals surface area contributed by atoms with Crippen molar-refractivity contribution in [2.75, 3.05) is 5.32 Å². The van der Waals surface area contributed by atoms with Gasteiger partial charge in [-0.3, -0.25) is 24.7 Å². The molecule has 4 heterocycles. The highest BCUT2D eigenvalue weighted by Gasteiger charge is 2.19. The van der Waals surface area contributed by atoms with Crippen molar-refractivity contribution in [2.24, 2.45) is 0 Å². The number of nitrogens with zero attached hydrogens (tertiary/aromatic N) is 5. The van der Waals surface area contributed by atoms with Crippen LogP contribution in [0.25, 0.3) is 16.7 Å². The molecule has 37 heavy (non-hydrogen) atoms. The third-order valence-corrected chi connectivity index (χ3v) is 7.78. The average Bonchev–Trinajstić information content (AvgIpc) is 3.33. The molecule has 0 radical (unpaired) electrons. The molecule has 12 heteroatoms. The van der Waals surface area contributed by atoms with Gasteiger partial charge in [0.05, 0.1) is 10.9 Å². The summed E-state index contributed by atoms with van der Waals surface area (Å²) in [7, 11) is 0. The first-order chi connectivity index (χ1) is 17.9. The highest BCUT2D eigenvalue weighted by Crippen LogP contribution is 2.29. The van der Waals surface area contributed by atoms with Gasteiger partial charge in [-0.05, 0) is 42.7 Å². The Labute approximate surface area is 218 Å². The number of aromatic nitrogens is 5. The molecule has 5 aromatic rings. The Morgan fingerprint density at radius 2 is 2.00 bits per heavy atom. The summed E-state index contributed by atoms with van der Waals surface area (Å²) in [6.45, 7) is 4.23. The number of amides is 1. The van der Waals surface area contributed by atoms with Crippen molar-refractivity contribution in [3.63, 3.8) is 0 Å². The lowest BCUT2D eigenvalue weighted by Crippen LogP contribution is -2.32. The molecule has 9 nitrogen and oxygen atoms in total. The first-order valence-electron chi connectivity index (χ1n) is 11.5. The fourth-order valence-corrected chi connectivity index (χ4v) is 5.68. The molecule has 0 aliphatic rings. The van der Waals surface area contributed by atoms with Gasteiger partial charge in [-0.2, -0.15) is 0 Å². The topological polar surface area (TPSA) is 118 Å². The third-order valence-electron chi connectivity index (χ3n) is 5.76. The number of carbonyl (C=O) groups is 1. The Morgan fingerprint density at radius 1 is 1.19 bits per heavy atom. The second kappa shape index (κ2) is 10.2. The Morgan fingerprint density at radius 3 is 2.78 bits per heavy atom. The Hall–Kier alpha value is -3.90. The second-order valence-corrected chi connectivity index (χ2v) is 10.5. The van der Waals surface area contributed by atoms with Gasteiger partial charge in [0.25, 0.3) is 11.5 Å². The van der Waals surface area contributed by atoms with Gasteiger partial charge in [-0.1, -0.05) is 54.3 Å². The molecule has 0 bridgehead atoms. The van der Waals surface area contributed by atoms with E-state index in [9.17, 15) is 14.0 Å². The quantitative estimate of drug-likeness (QED) is 0.181. The van der Waals surface area contributed by atoms with E-state index < -0.39 is 5.91 Å². The predicted octanol–water partition coefficient (Wildman–Crippen LogP) is 4.38. The second-order valence-electron chi connectivity index (χ2n) is 8.30. The lowest BCUT2D eigenvalue weighted by atomic mass is 10.2. The lowest BCUT2D eigenvalue weighted by molar-refractivity contribution is 0.102. The number of rotatable bonds is 7. The maximum atomic E-state index is 13.9. The highest BCUT2D eigenvalue weighted by molar-refractivity contribution is 8.00. The number of halogens is 1. The minimum atomic E-state index is -0.577. The summed E-state index contributed by atoms with van der Waals surface area (Å²) >= 11 is 2.46. The summed E-state index contributed by atoms with van der Waals surface area (Å²) in [5, 5.41) is 20.0. The van der Waals surface area contributed by atoms with E-state index in [1.54, 1.807) is 35.0 Å². The van der Waals surface area contributed by atoms with Crippen LogP contribution in [0.4, 0.5) is 9.52 Å². The van der Waals surface area contributed by atoms with Crippen molar-refractivity contribution in [3.8, 4) is 0 Å². The molecule has 0 saturated carbocycles. The highest BCUT2D eigenvalue weighted by atomic mass is 32.2. The van der Waals surface area contributed by atoms with Crippen molar-refractivity contribution in [1.82, 2.24) is 24.1 Å². The molecule has 4 aromatic heterocycles. The SMILES string of the molecule is CCCn1c(=N)c(C(=O)Nc2nnc(SCc3ccccc3F)s2)cc2c(=O)n3cccc(C)c3nc21. The Balaban J connectivity index is 1.47. The first kappa shape index (κ1) is 24.8. The van der Waals surface area contributed by atoms with E-state index in [-0.39, 0.29) is 32.9 Å². The number of aryl methyl sites for hydroxylation is 2. The standard InChI is InChI=1S/C25H22FN7O2S2/c1-3-10-32-19(27)16(12-17-21(32)28-20-14(2)7-6-11-33(20)23(17)35)22(34)29-24-30-31-25(37-24)36-13-15-8-4-5-9-18(15)26/h4-9,11-12,27H,3,10,13H2,1-2H3,(H,29,30,34). The normalized spacial score (nSPS) is 11.3. The number of anilines is 1. The number of benzene rings is 1. The van der Waals surface area contributed by atoms with E-state index in [0.29, 0.717) is 39.9 Å². The maximum absolute atomic E-state index is 13.9. The van der Waals surface area contributed by atoms with Crippen LogP contribution in [0.2, 0.25) is 0 Å². The van der Waals surface area contributed by atoms with E-state index in [2.05, 4.69) is 20.5 Å². The zero-order chi connectivity index (χ0) is 26.1. The van der Waals surface area contributed by atoms with E-state index in [4.69, 9.17) is 5.41 Å². The van der Waals surface area contributed by atoms with Crippen molar-refractivity contribution in [2.45, 2.75) is 36.9 Å². The van der Waals surface area contributed by atoms with Crippen LogP contribution in [0.3, 0.4) is 0 Å². The Kier molecular flexibility index (Phi) is 6.85. The number of nitrogens with one attached hydrogen (secondary N) is 2. The molecule has 0 spiro atoms. The summed E-state index contributed by atoms with van der Waals surface area (Å²) < 4.78 is 17.5. The number of pyridine rings is 2. The predicted molar refractivity (Wildman–Crippen MR) is 142 cm³/mol. The molecule has 5 rings (SSSR count). The molecule has 0 unspecified atom stereocenters. The van der Waals surface area contributed by atoms with E-state index >= 15 is 0 Å². The zero-order valence-corrected chi connectivity index (χ0v) is 21.6. The smallest absolute Gasteiger partial charge is 0.267 e. The molecule has 0 fully saturated rings. The third kappa shape index (κ3) is 4.77. The summed E-state index contributed by atoms with van der Waals surface area (Å²) in [5.74, 6) is -0.494. The monoisotopic (exact) mass is 535 g/mol. The number of fused-ring (bicyclic) bond motifs is 2. The van der Waals surface area contributed by atoms with Gasteiger partial charge < -0.3 is 4.57 Å². The van der Waals surface area contributed by atoms with Gasteiger partial charge in [0, 0.05) is 18.5 Å². The number of carbonyl (C=O) groups excluding carboxylic acids is 1. The van der Waals surface area contributed by atoms with Crippen LogP contribution in [0.15, 0.2) is 57.8 Å². The molecule has 0 aliphatic heterocycles. The molecular weight excluding hydrogens is 513 g/mol. The van der Waals surface area contributed by atoms with Crippen molar-refractivity contribution >= 4 is 50.8 Å². The lowest BCUT2D eigenvalue weighted by Gasteiger charge is -2.14. The molecule has 1 aromatic carbocycles. The molecule has 0 atom stereocenters. The number of thioether (sulfide) groups is 1. The average molecular weight is 536 g/mol. The minimum absolute atomic E-state index is 0.0308. The maximum Gasteiger partial charge on any atom is 0.267 e. The van der Waals surface area contributed by atoms with Crippen LogP contribution in [-0.2, 0) is 12.3 Å². The summed E-state index contributed by atoms with van der Waals surface area (Å²) in [5.41, 5.74) is 1.93. The van der Waals surface area contributed by atoms with Crippen molar-refractivity contribution in [1.29, 1.82) is 5.41 Å². The molecule has 1 amide bonds. The molecule has 188 valence electrons. The number of hydrogen-bond acceptors (Lipinski definition) is 8. The van der Waals surface area contributed by atoms with Crippen LogP contribution < -0.4 is 16.4 Å². The van der Waals surface area contributed by atoms with Gasteiger partial charge in [-0.25, -0.2) is 9.37 Å². The van der Waals surface area contributed by atoms with Gasteiger partial charge in [-0.15, -0.1) is 10.2 Å². The van der Waals surface area contributed by atoms with E-state index in [1.165, 1.54) is 28.3 Å². The molecule has 0 aliphatic carbocycles. The Bertz CT molecular complexity index is 1780. The van der Waals surface area contributed by atoms with Crippen LogP contribution in [0.5, 0.6) is 0 Å². The van der Waals surface area contributed by atoms with Gasteiger partial charge in [0.2, 0.25) is 5.13 Å². The zero-order valence-electron chi connectivity index (χ0n) is 20.0. The molecule has 0 saturated heterocycles. The van der Waals surface area contributed by atoms with Crippen LogP contribution >= 0.6 is 23.1 Å². The van der Waals surface area contributed by atoms with E-state index in [0.717, 1.165) is 16.9 Å². The molecule has 2 N–H and O–H groups in total. The van der Waals surface area contributed by atoms with Gasteiger partial charge in [0.1, 0.15) is 22.6 Å². The summed E-state index contributed by atoms with van der Waals surface area (Å²) in [6.07, 6.45) is 2.32. The van der Waals surface area contributed by atoms with Crippen LogP contribution in [0.1, 0.15) is 34.8 Å². The largest absolute Gasteiger partial charge is 0.310 e. The van der Waals surface area contributed by atoms with Crippen LogP contribution in [-0.4, -0.2) is 30.1 Å². The number of hydrogen-bond donors (Lipinski definition) is 2. The molecular formula is C25H22FN7O2S2. The van der Waals surface area contributed by atoms with Crippen molar-refractivity contribution < 1.29 is 9.18 Å². The van der Waals surface area contributed by atoms with Crippen molar-refractivity contribution in [3.05, 3.63) is 87.0 Å². The van der Waals surface area contributed by atoms with Crippen LogP contribution in [0, 0.1) is 18.2 Å². The summed E-state index contributed by atoms with van der Waals surface area (Å²) in [6, 6.07) is 11.6. The van der Waals surface area contributed by atoms with E-state index in [1.807, 2.05) is 19.9 Å².